The van der Waals surface area contributed by atoms with Gasteiger partial charge in [-0.2, -0.15) is 0 Å². The van der Waals surface area contributed by atoms with Gasteiger partial charge < -0.3 is 14.8 Å². The van der Waals surface area contributed by atoms with Crippen LogP contribution in [0.3, 0.4) is 0 Å². The Morgan fingerprint density at radius 1 is 1.50 bits per heavy atom. The van der Waals surface area contributed by atoms with Gasteiger partial charge >= 0.3 is 0 Å². The number of carbonyl (C=O) groups is 1. The maximum atomic E-state index is 11.5. The van der Waals surface area contributed by atoms with Crippen molar-refractivity contribution in [1.29, 1.82) is 0 Å². The second-order valence-corrected chi connectivity index (χ2v) is 6.08. The molecule has 0 saturated heterocycles. The van der Waals surface area contributed by atoms with E-state index >= 15 is 0 Å². The van der Waals surface area contributed by atoms with Crippen molar-refractivity contribution >= 4 is 17.2 Å². The summed E-state index contributed by atoms with van der Waals surface area (Å²) in [5.74, 6) is 1.07. The van der Waals surface area contributed by atoms with E-state index in [0.717, 1.165) is 16.2 Å². The Kier molecular flexibility index (Phi) is 4.98. The third-order valence-corrected chi connectivity index (χ3v) is 3.87. The largest absolute Gasteiger partial charge is 0.464 e. The van der Waals surface area contributed by atoms with Crippen molar-refractivity contribution in [3.8, 4) is 11.3 Å². The van der Waals surface area contributed by atoms with Gasteiger partial charge in [0.2, 0.25) is 5.91 Å². The van der Waals surface area contributed by atoms with Gasteiger partial charge in [0.05, 0.1) is 6.26 Å². The zero-order valence-electron chi connectivity index (χ0n) is 11.6. The van der Waals surface area contributed by atoms with Crippen LogP contribution in [-0.4, -0.2) is 17.6 Å². The molecule has 2 N–H and O–H groups in total. The van der Waals surface area contributed by atoms with Crippen LogP contribution in [0.1, 0.15) is 31.2 Å². The molecule has 0 aliphatic carbocycles. The Labute approximate surface area is 122 Å². The van der Waals surface area contributed by atoms with E-state index in [0.29, 0.717) is 12.3 Å². The fraction of sp³-hybridized carbons (Fsp3) is 0.400. The molecule has 5 heteroatoms. The van der Waals surface area contributed by atoms with E-state index in [2.05, 4.69) is 5.32 Å². The van der Waals surface area contributed by atoms with E-state index in [1.54, 1.807) is 6.26 Å². The number of aliphatic hydroxyl groups is 1. The van der Waals surface area contributed by atoms with E-state index in [9.17, 15) is 9.90 Å². The fourth-order valence-corrected chi connectivity index (χ4v) is 2.74. The van der Waals surface area contributed by atoms with Crippen LogP contribution in [0.4, 0.5) is 0 Å². The Morgan fingerprint density at radius 3 is 2.95 bits per heavy atom. The first kappa shape index (κ1) is 14.8. The molecule has 2 heterocycles. The van der Waals surface area contributed by atoms with Crippen LogP contribution in [0, 0.1) is 5.92 Å². The van der Waals surface area contributed by atoms with E-state index in [-0.39, 0.29) is 12.5 Å². The quantitative estimate of drug-likeness (QED) is 0.859. The predicted octanol–water partition coefficient (Wildman–Crippen LogP) is 3.20. The number of nitrogens with one attached hydrogen (secondary N) is 1. The lowest BCUT2D eigenvalue weighted by molar-refractivity contribution is -0.122. The molecule has 2 aromatic heterocycles. The molecule has 0 fully saturated rings. The van der Waals surface area contributed by atoms with Crippen LogP contribution < -0.4 is 5.32 Å². The molecule has 20 heavy (non-hydrogen) atoms. The van der Waals surface area contributed by atoms with Crippen molar-refractivity contribution in [1.82, 2.24) is 5.32 Å². The first-order valence-corrected chi connectivity index (χ1v) is 7.51. The number of rotatable bonds is 6. The molecule has 1 amide bonds. The summed E-state index contributed by atoms with van der Waals surface area (Å²) in [7, 11) is 0. The molecule has 0 aliphatic heterocycles. The Morgan fingerprint density at radius 2 is 2.30 bits per heavy atom. The highest BCUT2D eigenvalue weighted by Crippen LogP contribution is 2.29. The Bertz CT molecular complexity index is 545. The summed E-state index contributed by atoms with van der Waals surface area (Å²) in [6.45, 7) is 4.22. The van der Waals surface area contributed by atoms with Crippen LogP contribution in [0.2, 0.25) is 0 Å². The SMILES string of the molecule is CC(C)CC(=O)NCC(O)c1cc(-c2ccco2)cs1. The Balaban J connectivity index is 1.90. The van der Waals surface area contributed by atoms with E-state index < -0.39 is 6.10 Å². The molecule has 0 saturated carbocycles. The smallest absolute Gasteiger partial charge is 0.220 e. The number of aliphatic hydroxyl groups excluding tert-OH is 1. The van der Waals surface area contributed by atoms with Crippen molar-refractivity contribution in [2.75, 3.05) is 6.54 Å². The lowest BCUT2D eigenvalue weighted by Gasteiger charge is -2.11. The number of furan rings is 1. The van der Waals surface area contributed by atoms with Crippen LogP contribution in [0.25, 0.3) is 11.3 Å². The van der Waals surface area contributed by atoms with Crippen molar-refractivity contribution in [3.05, 3.63) is 34.7 Å². The van der Waals surface area contributed by atoms with Crippen molar-refractivity contribution in [2.24, 2.45) is 5.92 Å². The highest BCUT2D eigenvalue weighted by atomic mass is 32.1. The summed E-state index contributed by atoms with van der Waals surface area (Å²) in [4.78, 5) is 12.4. The van der Waals surface area contributed by atoms with Gasteiger partial charge in [0, 0.05) is 28.8 Å². The minimum atomic E-state index is -0.681. The average Bonchev–Trinajstić information content (AvgIpc) is 3.04. The predicted molar refractivity (Wildman–Crippen MR) is 79.4 cm³/mol. The van der Waals surface area contributed by atoms with Crippen molar-refractivity contribution in [2.45, 2.75) is 26.4 Å². The van der Waals surface area contributed by atoms with Gasteiger partial charge in [-0.1, -0.05) is 13.8 Å². The first-order chi connectivity index (χ1) is 9.56. The second-order valence-electron chi connectivity index (χ2n) is 5.13. The third kappa shape index (κ3) is 3.95. The van der Waals surface area contributed by atoms with Crippen LogP contribution in [0.15, 0.2) is 34.3 Å². The second kappa shape index (κ2) is 6.72. The average molecular weight is 293 g/mol. The minimum Gasteiger partial charge on any atom is -0.464 e. The molecule has 0 aliphatic rings. The first-order valence-electron chi connectivity index (χ1n) is 6.63. The molecule has 4 nitrogen and oxygen atoms in total. The molecule has 1 unspecified atom stereocenters. The fourth-order valence-electron chi connectivity index (χ4n) is 1.85. The zero-order chi connectivity index (χ0) is 14.5. The lowest BCUT2D eigenvalue weighted by atomic mass is 10.1. The van der Waals surface area contributed by atoms with Gasteiger partial charge in [-0.15, -0.1) is 11.3 Å². The van der Waals surface area contributed by atoms with Gasteiger partial charge in [-0.3, -0.25) is 4.79 Å². The lowest BCUT2D eigenvalue weighted by Crippen LogP contribution is -2.28. The van der Waals surface area contributed by atoms with Crippen LogP contribution in [-0.2, 0) is 4.79 Å². The highest BCUT2D eigenvalue weighted by Gasteiger charge is 2.14. The van der Waals surface area contributed by atoms with E-state index in [1.807, 2.05) is 37.4 Å². The number of amides is 1. The summed E-state index contributed by atoms with van der Waals surface area (Å²) >= 11 is 1.46. The molecule has 0 bridgehead atoms. The number of carbonyl (C=O) groups excluding carboxylic acids is 1. The maximum Gasteiger partial charge on any atom is 0.220 e. The third-order valence-electron chi connectivity index (χ3n) is 2.84. The molecule has 108 valence electrons. The maximum absolute atomic E-state index is 11.5. The molecule has 2 rings (SSSR count). The van der Waals surface area contributed by atoms with E-state index in [4.69, 9.17) is 4.42 Å². The highest BCUT2D eigenvalue weighted by molar-refractivity contribution is 7.10. The van der Waals surface area contributed by atoms with E-state index in [1.165, 1.54) is 11.3 Å². The van der Waals surface area contributed by atoms with Gasteiger partial charge in [-0.25, -0.2) is 0 Å². The Hall–Kier alpha value is -1.59. The molecular formula is C15H19NO3S. The molecule has 1 atom stereocenters. The number of hydrogen-bond donors (Lipinski definition) is 2. The summed E-state index contributed by atoms with van der Waals surface area (Å²) in [6.07, 6.45) is 1.42. The minimum absolute atomic E-state index is 0.0261. The van der Waals surface area contributed by atoms with Crippen LogP contribution >= 0.6 is 11.3 Å². The van der Waals surface area contributed by atoms with Crippen molar-refractivity contribution in [3.63, 3.8) is 0 Å². The molecule has 0 aromatic carbocycles. The summed E-state index contributed by atoms with van der Waals surface area (Å²) in [5.41, 5.74) is 0.947. The van der Waals surface area contributed by atoms with Gasteiger partial charge in [0.1, 0.15) is 11.9 Å². The summed E-state index contributed by atoms with van der Waals surface area (Å²) in [5, 5.41) is 14.8. The zero-order valence-corrected chi connectivity index (χ0v) is 12.4. The topological polar surface area (TPSA) is 62.5 Å². The summed E-state index contributed by atoms with van der Waals surface area (Å²) < 4.78 is 5.31. The molecule has 2 aromatic rings. The standard InChI is InChI=1S/C15H19NO3S/c1-10(2)6-15(18)16-8-12(17)14-7-11(9-20-14)13-4-3-5-19-13/h3-5,7,9-10,12,17H,6,8H2,1-2H3,(H,16,18). The molecule has 0 spiro atoms. The van der Waals surface area contributed by atoms with Crippen molar-refractivity contribution < 1.29 is 14.3 Å². The van der Waals surface area contributed by atoms with Crippen LogP contribution in [0.5, 0.6) is 0 Å². The molecular weight excluding hydrogens is 274 g/mol. The monoisotopic (exact) mass is 293 g/mol. The molecule has 0 radical (unpaired) electrons. The van der Waals surface area contributed by atoms with Gasteiger partial charge in [0.15, 0.2) is 0 Å². The normalized spacial score (nSPS) is 12.6. The number of thiophene rings is 1. The summed E-state index contributed by atoms with van der Waals surface area (Å²) in [6, 6.07) is 5.60. The van der Waals surface area contributed by atoms with Gasteiger partial charge in [0.25, 0.3) is 0 Å². The van der Waals surface area contributed by atoms with Gasteiger partial charge in [-0.05, 0) is 24.1 Å². The number of hydrogen-bond acceptors (Lipinski definition) is 4.